The van der Waals surface area contributed by atoms with Crippen molar-refractivity contribution in [1.29, 1.82) is 0 Å². The largest absolute Gasteiger partial charge is 0.492 e. The first kappa shape index (κ1) is 21.2. The van der Waals surface area contributed by atoms with Crippen LogP contribution >= 0.6 is 34.5 Å². The monoisotopic (exact) mass is 469 g/mol. The minimum atomic E-state index is -0.305. The zero-order chi connectivity index (χ0) is 21.4. The fourth-order valence-corrected chi connectivity index (χ4v) is 5.08. The molecule has 0 saturated carbocycles. The summed E-state index contributed by atoms with van der Waals surface area (Å²) in [4.78, 5) is 21.7. The highest BCUT2D eigenvalue weighted by atomic mass is 35.5. The third kappa shape index (κ3) is 3.94. The molecule has 0 spiro atoms. The van der Waals surface area contributed by atoms with Gasteiger partial charge in [0, 0.05) is 26.2 Å². The predicted molar refractivity (Wildman–Crippen MR) is 116 cm³/mol. The second-order valence-electron chi connectivity index (χ2n) is 6.94. The van der Waals surface area contributed by atoms with Crippen LogP contribution in [0.2, 0.25) is 10.0 Å². The number of carbonyl (C=O) groups excluding carboxylic acids is 1. The Bertz CT molecular complexity index is 1080. The standard InChI is InChI=1S/C19H21Cl2N5O3S/c1-3-29-19(28)25-8-6-24(7-9-25)15(12-4-5-13(20)14(21)10-12)16-17(27)26-18(30-16)22-11(2)23-26/h4-5,10,15,27H,3,6-9H2,1-2H3/t15-/m0/s1. The number of rotatable bonds is 4. The lowest BCUT2D eigenvalue weighted by Crippen LogP contribution is -2.49. The second-order valence-corrected chi connectivity index (χ2v) is 8.76. The van der Waals surface area contributed by atoms with E-state index in [0.717, 1.165) is 5.56 Å². The summed E-state index contributed by atoms with van der Waals surface area (Å²) in [6.45, 7) is 6.19. The Morgan fingerprint density at radius 3 is 2.63 bits per heavy atom. The molecule has 1 N–H and O–H groups in total. The van der Waals surface area contributed by atoms with Crippen molar-refractivity contribution in [2.24, 2.45) is 0 Å². The van der Waals surface area contributed by atoms with Crippen LogP contribution in [0.4, 0.5) is 4.79 Å². The SMILES string of the molecule is CCOC(=O)N1CCN([C@@H](c2ccc(Cl)c(Cl)c2)c2sc3nc(C)nn3c2O)CC1. The lowest BCUT2D eigenvalue weighted by Gasteiger charge is -2.38. The first-order valence-electron chi connectivity index (χ1n) is 9.54. The fraction of sp³-hybridized carbons (Fsp3) is 0.421. The molecule has 8 nitrogen and oxygen atoms in total. The smallest absolute Gasteiger partial charge is 0.409 e. The highest BCUT2D eigenvalue weighted by molar-refractivity contribution is 7.17. The van der Waals surface area contributed by atoms with Gasteiger partial charge in [0.2, 0.25) is 10.8 Å². The van der Waals surface area contributed by atoms with Crippen LogP contribution in [0.3, 0.4) is 0 Å². The van der Waals surface area contributed by atoms with Crippen LogP contribution in [0, 0.1) is 6.92 Å². The molecule has 1 saturated heterocycles. The van der Waals surface area contributed by atoms with E-state index in [4.69, 9.17) is 27.9 Å². The van der Waals surface area contributed by atoms with Gasteiger partial charge in [0.25, 0.3) is 0 Å². The quantitative estimate of drug-likeness (QED) is 0.621. The number of piperazine rings is 1. The zero-order valence-electron chi connectivity index (χ0n) is 16.5. The van der Waals surface area contributed by atoms with Crippen LogP contribution in [-0.4, -0.2) is 68.4 Å². The van der Waals surface area contributed by atoms with E-state index in [0.29, 0.717) is 58.5 Å². The third-order valence-electron chi connectivity index (χ3n) is 5.02. The molecule has 2 aromatic heterocycles. The summed E-state index contributed by atoms with van der Waals surface area (Å²) in [6, 6.07) is 5.18. The van der Waals surface area contributed by atoms with Crippen molar-refractivity contribution < 1.29 is 14.6 Å². The Morgan fingerprint density at radius 2 is 2.00 bits per heavy atom. The maximum atomic E-state index is 12.1. The first-order chi connectivity index (χ1) is 14.4. The number of aromatic hydroxyl groups is 1. The van der Waals surface area contributed by atoms with Crippen molar-refractivity contribution in [2.45, 2.75) is 19.9 Å². The number of aromatic nitrogens is 3. The Labute approximate surface area is 187 Å². The average Bonchev–Trinajstić information content (AvgIpc) is 3.23. The van der Waals surface area contributed by atoms with Crippen molar-refractivity contribution in [3.63, 3.8) is 0 Å². The highest BCUT2D eigenvalue weighted by Crippen LogP contribution is 2.41. The zero-order valence-corrected chi connectivity index (χ0v) is 18.8. The fourth-order valence-electron chi connectivity index (χ4n) is 3.61. The van der Waals surface area contributed by atoms with E-state index in [-0.39, 0.29) is 18.0 Å². The van der Waals surface area contributed by atoms with E-state index < -0.39 is 0 Å². The molecule has 0 radical (unpaired) electrons. The first-order valence-corrected chi connectivity index (χ1v) is 11.1. The molecule has 11 heteroatoms. The van der Waals surface area contributed by atoms with Crippen molar-refractivity contribution in [3.8, 4) is 5.88 Å². The molecule has 3 heterocycles. The van der Waals surface area contributed by atoms with Crippen molar-refractivity contribution in [3.05, 3.63) is 44.5 Å². The Kier molecular flexibility index (Phi) is 6.06. The summed E-state index contributed by atoms with van der Waals surface area (Å²) in [7, 11) is 0. The minimum Gasteiger partial charge on any atom is -0.492 e. The maximum Gasteiger partial charge on any atom is 0.409 e. The van der Waals surface area contributed by atoms with Gasteiger partial charge >= 0.3 is 6.09 Å². The molecular formula is C19H21Cl2N5O3S. The number of ether oxygens (including phenoxy) is 1. The summed E-state index contributed by atoms with van der Waals surface area (Å²) >= 11 is 13.8. The topological polar surface area (TPSA) is 83.2 Å². The van der Waals surface area contributed by atoms with Gasteiger partial charge in [-0.25, -0.2) is 9.78 Å². The Morgan fingerprint density at radius 1 is 1.27 bits per heavy atom. The van der Waals surface area contributed by atoms with Crippen molar-refractivity contribution >= 4 is 45.6 Å². The molecular weight excluding hydrogens is 449 g/mol. The number of carbonyl (C=O) groups is 1. The van der Waals surface area contributed by atoms with Crippen LogP contribution in [0.5, 0.6) is 5.88 Å². The predicted octanol–water partition coefficient (Wildman–Crippen LogP) is 3.98. The number of benzene rings is 1. The second kappa shape index (κ2) is 8.58. The van der Waals surface area contributed by atoms with E-state index in [1.54, 1.807) is 24.8 Å². The molecule has 3 aromatic rings. The molecule has 4 rings (SSSR count). The highest BCUT2D eigenvalue weighted by Gasteiger charge is 2.33. The van der Waals surface area contributed by atoms with Gasteiger partial charge in [-0.1, -0.05) is 40.6 Å². The lowest BCUT2D eigenvalue weighted by atomic mass is 10.0. The van der Waals surface area contributed by atoms with Gasteiger partial charge in [-0.15, -0.1) is 5.10 Å². The van der Waals surface area contributed by atoms with Crippen LogP contribution in [0.1, 0.15) is 29.2 Å². The van der Waals surface area contributed by atoms with E-state index in [1.807, 2.05) is 12.1 Å². The molecule has 1 aromatic carbocycles. The van der Waals surface area contributed by atoms with Crippen molar-refractivity contribution in [2.75, 3.05) is 32.8 Å². The summed E-state index contributed by atoms with van der Waals surface area (Å²) < 4.78 is 6.57. The van der Waals surface area contributed by atoms with Gasteiger partial charge in [-0.2, -0.15) is 4.52 Å². The van der Waals surface area contributed by atoms with Crippen LogP contribution in [0.25, 0.3) is 4.96 Å². The summed E-state index contributed by atoms with van der Waals surface area (Å²) in [5, 5.41) is 16.1. The molecule has 1 fully saturated rings. The van der Waals surface area contributed by atoms with Gasteiger partial charge in [0.05, 0.1) is 27.6 Å². The summed E-state index contributed by atoms with van der Waals surface area (Å²) in [5.41, 5.74) is 0.894. The summed E-state index contributed by atoms with van der Waals surface area (Å²) in [6.07, 6.45) is -0.305. The number of hydrogen-bond acceptors (Lipinski definition) is 7. The molecule has 1 aliphatic rings. The average molecular weight is 470 g/mol. The van der Waals surface area contributed by atoms with Gasteiger partial charge in [-0.05, 0) is 31.5 Å². The maximum absolute atomic E-state index is 12.1. The Hall–Kier alpha value is -2.07. The number of thiazole rings is 1. The number of fused-ring (bicyclic) bond motifs is 1. The summed E-state index contributed by atoms with van der Waals surface area (Å²) in [5.74, 6) is 0.650. The van der Waals surface area contributed by atoms with Gasteiger partial charge in [0.1, 0.15) is 5.82 Å². The van der Waals surface area contributed by atoms with Gasteiger partial charge in [0.15, 0.2) is 0 Å². The molecule has 0 aliphatic carbocycles. The molecule has 1 aliphatic heterocycles. The van der Waals surface area contributed by atoms with Gasteiger partial charge < -0.3 is 14.7 Å². The van der Waals surface area contributed by atoms with Gasteiger partial charge in [-0.3, -0.25) is 4.90 Å². The number of aryl methyl sites for hydroxylation is 1. The van der Waals surface area contributed by atoms with E-state index in [2.05, 4.69) is 15.0 Å². The molecule has 1 atom stereocenters. The number of hydrogen-bond donors (Lipinski definition) is 1. The third-order valence-corrected chi connectivity index (χ3v) is 6.83. The van der Waals surface area contributed by atoms with Crippen LogP contribution in [0.15, 0.2) is 18.2 Å². The molecule has 160 valence electrons. The normalized spacial score (nSPS) is 16.2. The number of amides is 1. The number of halogens is 2. The van der Waals surface area contributed by atoms with E-state index in [1.165, 1.54) is 15.9 Å². The van der Waals surface area contributed by atoms with E-state index >= 15 is 0 Å². The van der Waals surface area contributed by atoms with E-state index in [9.17, 15) is 9.90 Å². The molecule has 1 amide bonds. The minimum absolute atomic E-state index is 0.0551. The van der Waals surface area contributed by atoms with Crippen LogP contribution in [-0.2, 0) is 4.74 Å². The lowest BCUT2D eigenvalue weighted by molar-refractivity contribution is 0.0715. The van der Waals surface area contributed by atoms with Crippen molar-refractivity contribution in [1.82, 2.24) is 24.4 Å². The number of nitrogens with zero attached hydrogens (tertiary/aromatic N) is 5. The molecule has 0 bridgehead atoms. The Balaban J connectivity index is 1.69. The molecule has 30 heavy (non-hydrogen) atoms. The molecule has 0 unspecified atom stereocenters. The van der Waals surface area contributed by atoms with Crippen LogP contribution < -0.4 is 0 Å².